The Morgan fingerprint density at radius 1 is 1.16 bits per heavy atom. The summed E-state index contributed by atoms with van der Waals surface area (Å²) in [6.45, 7) is 1.25. The van der Waals surface area contributed by atoms with Crippen LogP contribution in [-0.4, -0.2) is 57.9 Å². The fourth-order valence-electron chi connectivity index (χ4n) is 3.84. The van der Waals surface area contributed by atoms with Gasteiger partial charge in [-0.2, -0.15) is 5.10 Å². The second kappa shape index (κ2) is 8.22. The minimum absolute atomic E-state index is 0.139. The van der Waals surface area contributed by atoms with Gasteiger partial charge in [0.1, 0.15) is 23.2 Å². The first-order valence-corrected chi connectivity index (χ1v) is 10.2. The number of aromatic nitrogens is 3. The van der Waals surface area contributed by atoms with Gasteiger partial charge in [0.25, 0.3) is 11.8 Å². The van der Waals surface area contributed by atoms with E-state index in [4.69, 9.17) is 19.9 Å². The largest absolute Gasteiger partial charge is 0.488 e. The minimum Gasteiger partial charge on any atom is -0.488 e. The molecule has 10 nitrogen and oxygen atoms in total. The van der Waals surface area contributed by atoms with Gasteiger partial charge in [-0.15, -0.1) is 0 Å². The summed E-state index contributed by atoms with van der Waals surface area (Å²) in [7, 11) is 0. The number of likely N-dealkylation sites (tertiary alicyclic amines) is 1. The Labute approximate surface area is 183 Å². The van der Waals surface area contributed by atoms with E-state index in [1.165, 1.54) is 12.3 Å². The highest BCUT2D eigenvalue weighted by molar-refractivity contribution is 5.93. The molecule has 32 heavy (non-hydrogen) atoms. The minimum atomic E-state index is -0.617. The molecular weight excluding hydrogens is 414 g/mol. The standard InChI is InChI=1S/C22H21N5O5/c23-21(28)17-9-14(5-6-24-17)32-15-2-1-7-27(11-15)22(29)18-10-16(25-26-18)13-3-4-19-20(8-13)31-12-30-19/h3-6,8-10,15H,1-2,7,11-12H2,(H2,23,28)(H,25,26). The Balaban J connectivity index is 1.27. The number of amides is 2. The number of piperidine rings is 1. The molecule has 5 rings (SSSR count). The third-order valence-corrected chi connectivity index (χ3v) is 5.43. The third-order valence-electron chi connectivity index (χ3n) is 5.43. The van der Waals surface area contributed by atoms with Gasteiger partial charge >= 0.3 is 0 Å². The highest BCUT2D eigenvalue weighted by Crippen LogP contribution is 2.35. The molecule has 0 saturated carbocycles. The van der Waals surface area contributed by atoms with Gasteiger partial charge < -0.3 is 24.8 Å². The maximum absolute atomic E-state index is 13.1. The lowest BCUT2D eigenvalue weighted by atomic mass is 10.1. The van der Waals surface area contributed by atoms with Crippen molar-refractivity contribution in [2.24, 2.45) is 5.73 Å². The second-order valence-electron chi connectivity index (χ2n) is 7.61. The number of nitrogens with two attached hydrogens (primary N) is 1. The molecule has 2 aromatic heterocycles. The van der Waals surface area contributed by atoms with Crippen LogP contribution in [0.1, 0.15) is 33.8 Å². The molecule has 1 atom stereocenters. The van der Waals surface area contributed by atoms with Gasteiger partial charge in [-0.25, -0.2) is 0 Å². The summed E-state index contributed by atoms with van der Waals surface area (Å²) in [5.74, 6) is 1.08. The first-order chi connectivity index (χ1) is 15.6. The summed E-state index contributed by atoms with van der Waals surface area (Å²) in [6.07, 6.45) is 2.87. The van der Waals surface area contributed by atoms with Crippen LogP contribution in [0.3, 0.4) is 0 Å². The predicted molar refractivity (Wildman–Crippen MR) is 112 cm³/mol. The van der Waals surface area contributed by atoms with Crippen molar-refractivity contribution in [2.75, 3.05) is 19.9 Å². The van der Waals surface area contributed by atoms with Gasteiger partial charge in [0, 0.05) is 24.4 Å². The number of benzene rings is 1. The van der Waals surface area contributed by atoms with Gasteiger partial charge in [0.05, 0.1) is 12.2 Å². The highest BCUT2D eigenvalue weighted by atomic mass is 16.7. The summed E-state index contributed by atoms with van der Waals surface area (Å²) < 4.78 is 16.7. The van der Waals surface area contributed by atoms with Gasteiger partial charge in [-0.05, 0) is 43.2 Å². The van der Waals surface area contributed by atoms with E-state index in [9.17, 15) is 9.59 Å². The number of rotatable bonds is 5. The van der Waals surface area contributed by atoms with Crippen LogP contribution < -0.4 is 19.9 Å². The number of primary amides is 1. The smallest absolute Gasteiger partial charge is 0.272 e. The van der Waals surface area contributed by atoms with E-state index in [1.807, 2.05) is 18.2 Å². The molecule has 1 aromatic carbocycles. The van der Waals surface area contributed by atoms with Crippen molar-refractivity contribution in [3.05, 3.63) is 54.0 Å². The summed E-state index contributed by atoms with van der Waals surface area (Å²) in [5, 5.41) is 7.13. The molecular formula is C22H21N5O5. The van der Waals surface area contributed by atoms with Crippen molar-refractivity contribution in [3.63, 3.8) is 0 Å². The number of aromatic amines is 1. The SMILES string of the molecule is NC(=O)c1cc(OC2CCCN(C(=O)c3cc(-c4ccc5c(c4)OCO5)n[nH]3)C2)ccn1. The van der Waals surface area contributed by atoms with Crippen LogP contribution in [0, 0.1) is 0 Å². The number of pyridine rings is 1. The average Bonchev–Trinajstić information content (AvgIpc) is 3.48. The number of hydrogen-bond acceptors (Lipinski definition) is 7. The molecule has 164 valence electrons. The Bertz CT molecular complexity index is 1180. The molecule has 0 aliphatic carbocycles. The molecule has 3 aromatic rings. The zero-order chi connectivity index (χ0) is 22.1. The van der Waals surface area contributed by atoms with Crippen LogP contribution in [-0.2, 0) is 0 Å². The Hall–Kier alpha value is -4.08. The number of ether oxygens (including phenoxy) is 3. The van der Waals surface area contributed by atoms with Crippen LogP contribution in [0.25, 0.3) is 11.3 Å². The zero-order valence-electron chi connectivity index (χ0n) is 17.1. The first-order valence-electron chi connectivity index (χ1n) is 10.2. The van der Waals surface area contributed by atoms with Gasteiger partial charge in [-0.3, -0.25) is 19.7 Å². The molecule has 1 unspecified atom stereocenters. The fourth-order valence-corrected chi connectivity index (χ4v) is 3.84. The fraction of sp³-hybridized carbons (Fsp3) is 0.273. The number of nitrogens with zero attached hydrogens (tertiary/aromatic N) is 3. The maximum Gasteiger partial charge on any atom is 0.272 e. The van der Waals surface area contributed by atoms with Crippen molar-refractivity contribution in [1.82, 2.24) is 20.1 Å². The normalized spacial score (nSPS) is 17.2. The van der Waals surface area contributed by atoms with Crippen molar-refractivity contribution >= 4 is 11.8 Å². The van der Waals surface area contributed by atoms with Crippen LogP contribution in [0.2, 0.25) is 0 Å². The molecule has 3 N–H and O–H groups in total. The quantitative estimate of drug-likeness (QED) is 0.626. The monoisotopic (exact) mass is 435 g/mol. The number of nitrogens with one attached hydrogen (secondary N) is 1. The molecule has 1 saturated heterocycles. The molecule has 4 heterocycles. The molecule has 2 aliphatic heterocycles. The van der Waals surface area contributed by atoms with Crippen molar-refractivity contribution in [2.45, 2.75) is 18.9 Å². The van der Waals surface area contributed by atoms with Gasteiger partial charge in [0.2, 0.25) is 6.79 Å². The van der Waals surface area contributed by atoms with E-state index in [1.54, 1.807) is 17.0 Å². The lowest BCUT2D eigenvalue weighted by Crippen LogP contribution is -2.44. The van der Waals surface area contributed by atoms with E-state index >= 15 is 0 Å². The van der Waals surface area contributed by atoms with Crippen LogP contribution in [0.4, 0.5) is 0 Å². The maximum atomic E-state index is 13.1. The number of fused-ring (bicyclic) bond motifs is 1. The van der Waals surface area contributed by atoms with E-state index in [-0.39, 0.29) is 24.5 Å². The predicted octanol–water partition coefficient (Wildman–Crippen LogP) is 1.98. The molecule has 0 spiro atoms. The summed E-state index contributed by atoms with van der Waals surface area (Å²) in [4.78, 5) is 30.0. The summed E-state index contributed by atoms with van der Waals surface area (Å²) in [5.41, 5.74) is 7.29. The lowest BCUT2D eigenvalue weighted by Gasteiger charge is -2.32. The molecule has 2 aliphatic rings. The first kappa shape index (κ1) is 19.9. The molecule has 0 bridgehead atoms. The average molecular weight is 435 g/mol. The Kier molecular flexibility index (Phi) is 5.10. The number of carbonyl (C=O) groups is 2. The van der Waals surface area contributed by atoms with Crippen molar-refractivity contribution < 1.29 is 23.8 Å². The topological polar surface area (TPSA) is 133 Å². The number of hydrogen-bond donors (Lipinski definition) is 2. The highest BCUT2D eigenvalue weighted by Gasteiger charge is 2.27. The zero-order valence-corrected chi connectivity index (χ0v) is 17.1. The van der Waals surface area contributed by atoms with Crippen molar-refractivity contribution in [3.8, 4) is 28.5 Å². The lowest BCUT2D eigenvalue weighted by molar-refractivity contribution is 0.0532. The Morgan fingerprint density at radius 2 is 2.03 bits per heavy atom. The summed E-state index contributed by atoms with van der Waals surface area (Å²) >= 11 is 0. The number of H-pyrrole nitrogens is 1. The van der Waals surface area contributed by atoms with Gasteiger partial charge in [-0.1, -0.05) is 0 Å². The second-order valence-corrected chi connectivity index (χ2v) is 7.61. The third kappa shape index (κ3) is 3.94. The van der Waals surface area contributed by atoms with E-state index in [2.05, 4.69) is 15.2 Å². The molecule has 10 heteroatoms. The van der Waals surface area contributed by atoms with Gasteiger partial charge in [0.15, 0.2) is 11.5 Å². The van der Waals surface area contributed by atoms with E-state index in [0.717, 1.165) is 18.4 Å². The van der Waals surface area contributed by atoms with E-state index in [0.29, 0.717) is 41.7 Å². The van der Waals surface area contributed by atoms with Crippen LogP contribution in [0.15, 0.2) is 42.6 Å². The molecule has 0 radical (unpaired) electrons. The summed E-state index contributed by atoms with van der Waals surface area (Å²) in [6, 6.07) is 10.4. The molecule has 2 amide bonds. The number of carbonyl (C=O) groups excluding carboxylic acids is 2. The van der Waals surface area contributed by atoms with Crippen LogP contribution in [0.5, 0.6) is 17.2 Å². The van der Waals surface area contributed by atoms with Crippen molar-refractivity contribution in [1.29, 1.82) is 0 Å². The van der Waals surface area contributed by atoms with E-state index < -0.39 is 5.91 Å². The molecule has 1 fully saturated rings. The Morgan fingerprint density at radius 3 is 2.91 bits per heavy atom. The van der Waals surface area contributed by atoms with Crippen LogP contribution >= 0.6 is 0 Å².